The molecule has 0 saturated carbocycles. The standard InChI is InChI=1S/C21H30N2O3/c1-13-9-15(10-14(2)22-13)19(24)16-11-17-7-6-8-18(12-16)23(17)20(25)26-21(3,4)5/h9-10,16-18H,6-8,11-12H2,1-5H3. The van der Waals surface area contributed by atoms with E-state index in [2.05, 4.69) is 4.98 Å². The Labute approximate surface area is 156 Å². The van der Waals surface area contributed by atoms with Crippen molar-refractivity contribution >= 4 is 11.9 Å². The molecule has 0 aromatic carbocycles. The van der Waals surface area contributed by atoms with Crippen molar-refractivity contribution < 1.29 is 14.3 Å². The van der Waals surface area contributed by atoms with Gasteiger partial charge >= 0.3 is 6.09 Å². The highest BCUT2D eigenvalue weighted by molar-refractivity contribution is 5.98. The lowest BCUT2D eigenvalue weighted by atomic mass is 9.76. The molecule has 1 aromatic rings. The van der Waals surface area contributed by atoms with Gasteiger partial charge in [-0.15, -0.1) is 0 Å². The van der Waals surface area contributed by atoms with Crippen molar-refractivity contribution in [2.45, 2.75) is 84.4 Å². The summed E-state index contributed by atoms with van der Waals surface area (Å²) in [7, 11) is 0. The maximum atomic E-state index is 13.1. The molecule has 5 nitrogen and oxygen atoms in total. The molecule has 1 aromatic heterocycles. The van der Waals surface area contributed by atoms with Gasteiger partial charge in [-0.2, -0.15) is 0 Å². The van der Waals surface area contributed by atoms with Gasteiger partial charge in [0.25, 0.3) is 0 Å². The summed E-state index contributed by atoms with van der Waals surface area (Å²) < 4.78 is 5.62. The van der Waals surface area contributed by atoms with Crippen molar-refractivity contribution in [3.63, 3.8) is 0 Å². The highest BCUT2D eigenvalue weighted by Gasteiger charge is 2.44. The molecular formula is C21H30N2O3. The largest absolute Gasteiger partial charge is 0.444 e. The molecule has 2 aliphatic heterocycles. The van der Waals surface area contributed by atoms with E-state index in [0.717, 1.165) is 49.1 Å². The molecule has 2 aliphatic rings. The van der Waals surface area contributed by atoms with Gasteiger partial charge in [-0.1, -0.05) is 0 Å². The van der Waals surface area contributed by atoms with E-state index in [1.807, 2.05) is 51.7 Å². The molecule has 2 unspecified atom stereocenters. The molecule has 3 heterocycles. The summed E-state index contributed by atoms with van der Waals surface area (Å²) in [5, 5.41) is 0. The van der Waals surface area contributed by atoms with Gasteiger partial charge in [0.05, 0.1) is 0 Å². The number of hydrogen-bond acceptors (Lipinski definition) is 4. The Kier molecular flexibility index (Phi) is 5.09. The van der Waals surface area contributed by atoms with E-state index in [-0.39, 0.29) is 29.9 Å². The second-order valence-electron chi connectivity index (χ2n) is 8.80. The molecule has 0 aliphatic carbocycles. The van der Waals surface area contributed by atoms with E-state index in [1.54, 1.807) is 0 Å². The van der Waals surface area contributed by atoms with Crippen LogP contribution in [0.2, 0.25) is 0 Å². The maximum absolute atomic E-state index is 13.1. The number of carbonyl (C=O) groups excluding carboxylic acids is 2. The molecule has 3 rings (SSSR count). The Morgan fingerprint density at radius 2 is 1.62 bits per heavy atom. The van der Waals surface area contributed by atoms with Gasteiger partial charge < -0.3 is 9.64 Å². The zero-order valence-corrected chi connectivity index (χ0v) is 16.5. The van der Waals surface area contributed by atoms with Crippen LogP contribution in [0.5, 0.6) is 0 Å². The van der Waals surface area contributed by atoms with Gasteiger partial charge in [0.2, 0.25) is 0 Å². The number of rotatable bonds is 2. The van der Waals surface area contributed by atoms with E-state index in [4.69, 9.17) is 4.74 Å². The summed E-state index contributed by atoms with van der Waals surface area (Å²) in [5.41, 5.74) is 2.01. The molecule has 2 fully saturated rings. The van der Waals surface area contributed by atoms with E-state index < -0.39 is 5.60 Å². The third-order valence-corrected chi connectivity index (χ3v) is 5.32. The smallest absolute Gasteiger partial charge is 0.410 e. The van der Waals surface area contributed by atoms with Gasteiger partial charge in [0, 0.05) is 35.0 Å². The van der Waals surface area contributed by atoms with Gasteiger partial charge in [-0.3, -0.25) is 9.78 Å². The summed E-state index contributed by atoms with van der Waals surface area (Å²) in [6.45, 7) is 9.52. The molecular weight excluding hydrogens is 328 g/mol. The van der Waals surface area contributed by atoms with Gasteiger partial charge in [-0.25, -0.2) is 4.79 Å². The predicted octanol–water partition coefficient (Wildman–Crippen LogP) is 4.45. The number of aromatic nitrogens is 1. The lowest BCUT2D eigenvalue weighted by molar-refractivity contribution is -0.0260. The van der Waals surface area contributed by atoms with Gasteiger partial charge in [0.15, 0.2) is 5.78 Å². The molecule has 26 heavy (non-hydrogen) atoms. The Morgan fingerprint density at radius 3 is 2.12 bits per heavy atom. The second kappa shape index (κ2) is 7.01. The number of aryl methyl sites for hydroxylation is 2. The molecule has 2 bridgehead atoms. The van der Waals surface area contributed by atoms with Crippen LogP contribution in [0.1, 0.15) is 74.6 Å². The van der Waals surface area contributed by atoms with Gasteiger partial charge in [0.1, 0.15) is 5.60 Å². The fourth-order valence-electron chi connectivity index (χ4n) is 4.42. The molecule has 5 heteroatoms. The van der Waals surface area contributed by atoms with Crippen molar-refractivity contribution in [1.82, 2.24) is 9.88 Å². The second-order valence-corrected chi connectivity index (χ2v) is 8.80. The summed E-state index contributed by atoms with van der Waals surface area (Å²) in [4.78, 5) is 32.0. The van der Waals surface area contributed by atoms with Crippen LogP contribution >= 0.6 is 0 Å². The van der Waals surface area contributed by atoms with Crippen LogP contribution < -0.4 is 0 Å². The maximum Gasteiger partial charge on any atom is 0.410 e. The molecule has 2 saturated heterocycles. The quantitative estimate of drug-likeness (QED) is 0.733. The third kappa shape index (κ3) is 4.08. The lowest BCUT2D eigenvalue weighted by Gasteiger charge is -2.48. The van der Waals surface area contributed by atoms with Crippen molar-refractivity contribution in [2.75, 3.05) is 0 Å². The highest BCUT2D eigenvalue weighted by Crippen LogP contribution is 2.39. The van der Waals surface area contributed by atoms with Crippen LogP contribution in [0.4, 0.5) is 4.79 Å². The van der Waals surface area contributed by atoms with Crippen LogP contribution in [0.3, 0.4) is 0 Å². The van der Waals surface area contributed by atoms with E-state index in [9.17, 15) is 9.59 Å². The Bertz CT molecular complexity index is 673. The summed E-state index contributed by atoms with van der Waals surface area (Å²) in [6.07, 6.45) is 4.25. The van der Waals surface area contributed by atoms with E-state index in [1.165, 1.54) is 0 Å². The van der Waals surface area contributed by atoms with Crippen molar-refractivity contribution in [1.29, 1.82) is 0 Å². The number of amides is 1. The van der Waals surface area contributed by atoms with Crippen LogP contribution in [0, 0.1) is 19.8 Å². The number of Topliss-reactive ketones (excluding diaryl/α,β-unsaturated/α-hetero) is 1. The topological polar surface area (TPSA) is 59.5 Å². The predicted molar refractivity (Wildman–Crippen MR) is 100 cm³/mol. The minimum Gasteiger partial charge on any atom is -0.444 e. The van der Waals surface area contributed by atoms with Crippen LogP contribution in [-0.4, -0.2) is 39.4 Å². The number of piperidine rings is 2. The number of nitrogens with zero attached hydrogens (tertiary/aromatic N) is 2. The molecule has 142 valence electrons. The summed E-state index contributed by atoms with van der Waals surface area (Å²) >= 11 is 0. The SMILES string of the molecule is Cc1cc(C(=O)C2CC3CCCC(C2)N3C(=O)OC(C)(C)C)cc(C)n1. The third-order valence-electron chi connectivity index (χ3n) is 5.32. The zero-order chi connectivity index (χ0) is 19.1. The molecule has 1 amide bonds. The first kappa shape index (κ1) is 18.9. The monoisotopic (exact) mass is 358 g/mol. The number of fused-ring (bicyclic) bond motifs is 2. The first-order valence-electron chi connectivity index (χ1n) is 9.65. The number of ketones is 1. The average molecular weight is 358 g/mol. The average Bonchev–Trinajstić information content (AvgIpc) is 2.50. The fraction of sp³-hybridized carbons (Fsp3) is 0.667. The first-order valence-corrected chi connectivity index (χ1v) is 9.65. The van der Waals surface area contributed by atoms with Crippen LogP contribution in [0.15, 0.2) is 12.1 Å². The Hall–Kier alpha value is -1.91. The molecule has 0 N–H and O–H groups in total. The van der Waals surface area contributed by atoms with Crippen molar-refractivity contribution in [2.24, 2.45) is 5.92 Å². The highest BCUT2D eigenvalue weighted by atomic mass is 16.6. The minimum absolute atomic E-state index is 0.0230. The summed E-state index contributed by atoms with van der Waals surface area (Å²) in [6, 6.07) is 3.97. The lowest BCUT2D eigenvalue weighted by Crippen LogP contribution is -2.56. The Balaban J connectivity index is 1.77. The number of pyridine rings is 1. The summed E-state index contributed by atoms with van der Waals surface area (Å²) in [5.74, 6) is 0.171. The van der Waals surface area contributed by atoms with Crippen molar-refractivity contribution in [3.05, 3.63) is 29.1 Å². The van der Waals surface area contributed by atoms with Gasteiger partial charge in [-0.05, 0) is 78.9 Å². The molecule has 0 spiro atoms. The normalized spacial score (nSPS) is 25.7. The Morgan fingerprint density at radius 1 is 1.08 bits per heavy atom. The molecule has 0 radical (unpaired) electrons. The zero-order valence-electron chi connectivity index (χ0n) is 16.5. The minimum atomic E-state index is -0.496. The number of hydrogen-bond donors (Lipinski definition) is 0. The molecule has 2 atom stereocenters. The number of ether oxygens (including phenoxy) is 1. The van der Waals surface area contributed by atoms with E-state index in [0.29, 0.717) is 0 Å². The number of carbonyl (C=O) groups is 2. The fourth-order valence-corrected chi connectivity index (χ4v) is 4.42. The van der Waals surface area contributed by atoms with Crippen LogP contribution in [0.25, 0.3) is 0 Å². The van der Waals surface area contributed by atoms with Crippen molar-refractivity contribution in [3.8, 4) is 0 Å². The first-order chi connectivity index (χ1) is 12.1. The van der Waals surface area contributed by atoms with E-state index >= 15 is 0 Å². The van der Waals surface area contributed by atoms with Crippen LogP contribution in [-0.2, 0) is 4.74 Å².